The van der Waals surface area contributed by atoms with E-state index < -0.39 is 11.6 Å². The van der Waals surface area contributed by atoms with Crippen LogP contribution in [0.3, 0.4) is 0 Å². The number of nitrogens with zero attached hydrogens (tertiary/aromatic N) is 6. The van der Waals surface area contributed by atoms with Gasteiger partial charge in [0, 0.05) is 38.9 Å². The molecule has 3 heterocycles. The Morgan fingerprint density at radius 2 is 1.82 bits per heavy atom. The van der Waals surface area contributed by atoms with Gasteiger partial charge in [-0.3, -0.25) is 9.58 Å². The molecular formula is C23H29F2N7O2. The second-order valence-electron chi connectivity index (χ2n) is 8.29. The van der Waals surface area contributed by atoms with Crippen molar-refractivity contribution in [1.29, 1.82) is 0 Å². The zero-order valence-electron chi connectivity index (χ0n) is 19.6. The molecule has 1 fully saturated rings. The zero-order chi connectivity index (χ0) is 24.1. The van der Waals surface area contributed by atoms with Gasteiger partial charge >= 0.3 is 0 Å². The minimum absolute atomic E-state index is 0.0350. The molecule has 0 saturated carbocycles. The highest BCUT2D eigenvalue weighted by atomic mass is 19.1. The first-order valence-corrected chi connectivity index (χ1v) is 11.1. The van der Waals surface area contributed by atoms with Crippen molar-refractivity contribution in [3.63, 3.8) is 0 Å². The Balaban J connectivity index is 1.30. The Hall–Kier alpha value is -3.31. The number of rotatable bonds is 9. The molecule has 182 valence electrons. The minimum Gasteiger partial charge on any atom is -0.494 e. The van der Waals surface area contributed by atoms with Crippen LogP contribution in [0.5, 0.6) is 11.6 Å². The van der Waals surface area contributed by atoms with Crippen LogP contribution in [0.15, 0.2) is 30.9 Å². The molecule has 0 aliphatic carbocycles. The first-order chi connectivity index (χ1) is 16.4. The number of anilines is 2. The molecule has 3 aromatic rings. The van der Waals surface area contributed by atoms with Crippen molar-refractivity contribution in [2.24, 2.45) is 0 Å². The van der Waals surface area contributed by atoms with Crippen molar-refractivity contribution >= 4 is 11.5 Å². The summed E-state index contributed by atoms with van der Waals surface area (Å²) in [5, 5.41) is 7.53. The molecule has 4 rings (SSSR count). The van der Waals surface area contributed by atoms with Crippen LogP contribution in [0.25, 0.3) is 0 Å². The fourth-order valence-corrected chi connectivity index (χ4v) is 3.70. The van der Waals surface area contributed by atoms with Crippen molar-refractivity contribution in [3.8, 4) is 11.6 Å². The molecule has 0 bridgehead atoms. The summed E-state index contributed by atoms with van der Waals surface area (Å²) < 4.78 is 41.0. The van der Waals surface area contributed by atoms with Crippen LogP contribution in [0.4, 0.5) is 20.3 Å². The van der Waals surface area contributed by atoms with E-state index in [2.05, 4.69) is 37.2 Å². The van der Waals surface area contributed by atoms with Gasteiger partial charge in [0.15, 0.2) is 11.6 Å². The summed E-state index contributed by atoms with van der Waals surface area (Å²) >= 11 is 0. The molecule has 0 radical (unpaired) electrons. The summed E-state index contributed by atoms with van der Waals surface area (Å²) in [6.07, 6.45) is 6.52. The summed E-state index contributed by atoms with van der Waals surface area (Å²) in [7, 11) is 3.47. The van der Waals surface area contributed by atoms with E-state index in [4.69, 9.17) is 9.47 Å². The number of benzene rings is 1. The Morgan fingerprint density at radius 3 is 2.53 bits per heavy atom. The van der Waals surface area contributed by atoms with Gasteiger partial charge in [0.25, 0.3) is 0 Å². The maximum absolute atomic E-state index is 14.4. The predicted octanol–water partition coefficient (Wildman–Crippen LogP) is 2.84. The van der Waals surface area contributed by atoms with Crippen LogP contribution >= 0.6 is 0 Å². The molecule has 9 nitrogen and oxygen atoms in total. The number of hydrogen-bond donors (Lipinski definition) is 1. The second-order valence-corrected chi connectivity index (χ2v) is 8.29. The lowest BCUT2D eigenvalue weighted by Crippen LogP contribution is -2.45. The number of aromatic nitrogens is 4. The summed E-state index contributed by atoms with van der Waals surface area (Å²) in [6.45, 7) is 7.29. The van der Waals surface area contributed by atoms with Crippen LogP contribution in [-0.4, -0.2) is 76.4 Å². The van der Waals surface area contributed by atoms with Gasteiger partial charge in [-0.2, -0.15) is 5.10 Å². The van der Waals surface area contributed by atoms with E-state index in [0.717, 1.165) is 45.0 Å². The number of ether oxygens (including phenoxy) is 2. The highest BCUT2D eigenvalue weighted by molar-refractivity contribution is 5.52. The maximum Gasteiger partial charge on any atom is 0.232 e. The van der Waals surface area contributed by atoms with Gasteiger partial charge in [-0.25, -0.2) is 18.7 Å². The van der Waals surface area contributed by atoms with E-state index >= 15 is 0 Å². The summed E-state index contributed by atoms with van der Waals surface area (Å²) in [6, 6.07) is 1.31. The summed E-state index contributed by atoms with van der Waals surface area (Å²) in [4.78, 5) is 13.2. The molecule has 0 atom stereocenters. The number of methoxy groups -OCH3 is 1. The van der Waals surface area contributed by atoms with Crippen LogP contribution < -0.4 is 14.8 Å². The van der Waals surface area contributed by atoms with E-state index in [1.807, 2.05) is 10.9 Å². The highest BCUT2D eigenvalue weighted by Crippen LogP contribution is 2.27. The maximum atomic E-state index is 14.4. The Bertz CT molecular complexity index is 1100. The third-order valence-electron chi connectivity index (χ3n) is 5.80. The van der Waals surface area contributed by atoms with Gasteiger partial charge < -0.3 is 19.7 Å². The normalized spacial score (nSPS) is 14.9. The molecule has 1 saturated heterocycles. The van der Waals surface area contributed by atoms with Crippen LogP contribution in [0, 0.1) is 18.6 Å². The first-order valence-electron chi connectivity index (χ1n) is 11.1. The standard InChI is InChI=1S/C23H29F2N7O2/c1-16-10-19(33-3)23(25)18(22(16)24)15-34-21-13-26-20(12-27-21)29-17-11-28-32(14-17)9-8-31-6-4-30(2)5-7-31/h10-14H,4-9,15H2,1-3H3,(H,26,29). The number of nitrogens with one attached hydrogen (secondary N) is 1. The molecule has 0 spiro atoms. The molecule has 1 N–H and O–H groups in total. The number of aryl methyl sites for hydroxylation is 1. The Labute approximate surface area is 197 Å². The van der Waals surface area contributed by atoms with Crippen molar-refractivity contribution < 1.29 is 18.3 Å². The fourth-order valence-electron chi connectivity index (χ4n) is 3.70. The number of likely N-dealkylation sites (N-methyl/N-ethyl adjacent to an activating group) is 1. The third kappa shape index (κ3) is 5.78. The van der Waals surface area contributed by atoms with Crippen LogP contribution in [0.1, 0.15) is 11.1 Å². The largest absolute Gasteiger partial charge is 0.494 e. The van der Waals surface area contributed by atoms with Crippen molar-refractivity contribution in [2.75, 3.05) is 52.2 Å². The molecule has 1 aliphatic rings. The van der Waals surface area contributed by atoms with Gasteiger partial charge in [0.1, 0.15) is 18.2 Å². The van der Waals surface area contributed by atoms with E-state index in [9.17, 15) is 8.78 Å². The Morgan fingerprint density at radius 1 is 1.03 bits per heavy atom. The lowest BCUT2D eigenvalue weighted by Gasteiger charge is -2.32. The fraction of sp³-hybridized carbons (Fsp3) is 0.435. The number of piperazine rings is 1. The average Bonchev–Trinajstić information content (AvgIpc) is 3.29. The first kappa shape index (κ1) is 23.8. The quantitative estimate of drug-likeness (QED) is 0.508. The molecule has 0 unspecified atom stereocenters. The molecular weight excluding hydrogens is 444 g/mol. The monoisotopic (exact) mass is 473 g/mol. The topological polar surface area (TPSA) is 80.6 Å². The molecule has 1 aliphatic heterocycles. The van der Waals surface area contributed by atoms with E-state index in [0.29, 0.717) is 5.82 Å². The second kappa shape index (κ2) is 10.7. The highest BCUT2D eigenvalue weighted by Gasteiger charge is 2.18. The van der Waals surface area contributed by atoms with Crippen molar-refractivity contribution in [2.45, 2.75) is 20.1 Å². The SMILES string of the molecule is COc1cc(C)c(F)c(COc2cnc(Nc3cnn(CCN4CCN(C)CC4)c3)cn2)c1F. The lowest BCUT2D eigenvalue weighted by atomic mass is 10.1. The summed E-state index contributed by atoms with van der Waals surface area (Å²) in [5.74, 6) is -0.851. The molecule has 0 amide bonds. The zero-order valence-corrected chi connectivity index (χ0v) is 19.6. The van der Waals surface area contributed by atoms with Gasteiger partial charge in [0.05, 0.1) is 43.5 Å². The van der Waals surface area contributed by atoms with Crippen molar-refractivity contribution in [1.82, 2.24) is 29.5 Å². The average molecular weight is 474 g/mol. The lowest BCUT2D eigenvalue weighted by molar-refractivity contribution is 0.149. The summed E-state index contributed by atoms with van der Waals surface area (Å²) in [5.41, 5.74) is 0.841. The smallest absolute Gasteiger partial charge is 0.232 e. The van der Waals surface area contributed by atoms with E-state index in [1.54, 1.807) is 6.20 Å². The molecule has 2 aromatic heterocycles. The Kier molecular flexibility index (Phi) is 7.53. The number of halogens is 2. The number of hydrogen-bond acceptors (Lipinski definition) is 8. The van der Waals surface area contributed by atoms with Gasteiger partial charge in [-0.05, 0) is 25.6 Å². The van der Waals surface area contributed by atoms with E-state index in [-0.39, 0.29) is 29.4 Å². The van der Waals surface area contributed by atoms with Gasteiger partial charge in [-0.15, -0.1) is 0 Å². The minimum atomic E-state index is -0.790. The molecule has 1 aromatic carbocycles. The third-order valence-corrected chi connectivity index (χ3v) is 5.80. The molecule has 34 heavy (non-hydrogen) atoms. The van der Waals surface area contributed by atoms with Crippen LogP contribution in [0.2, 0.25) is 0 Å². The van der Waals surface area contributed by atoms with E-state index in [1.165, 1.54) is 32.5 Å². The predicted molar refractivity (Wildman–Crippen MR) is 123 cm³/mol. The van der Waals surface area contributed by atoms with Gasteiger partial charge in [0.2, 0.25) is 5.88 Å². The molecule has 11 heteroatoms. The van der Waals surface area contributed by atoms with Crippen LogP contribution in [-0.2, 0) is 13.2 Å². The van der Waals surface area contributed by atoms with Crippen molar-refractivity contribution in [3.05, 3.63) is 53.6 Å². The van der Waals surface area contributed by atoms with Gasteiger partial charge in [-0.1, -0.05) is 0 Å².